The second-order valence-electron chi connectivity index (χ2n) is 6.53. The Kier molecular flexibility index (Phi) is 6.32. The predicted molar refractivity (Wildman–Crippen MR) is 117 cm³/mol. The average Bonchev–Trinajstić information content (AvgIpc) is 2.73. The van der Waals surface area contributed by atoms with Crippen LogP contribution in [0, 0.1) is 0 Å². The maximum Gasteiger partial charge on any atom is 0.332 e. The van der Waals surface area contributed by atoms with Gasteiger partial charge in [-0.15, -0.1) is 0 Å². The van der Waals surface area contributed by atoms with Gasteiger partial charge in [0, 0.05) is 5.29 Å². The van der Waals surface area contributed by atoms with Crippen LogP contribution in [0.15, 0.2) is 91.0 Å². The van der Waals surface area contributed by atoms with E-state index < -0.39 is 12.9 Å². The van der Waals surface area contributed by atoms with Crippen molar-refractivity contribution in [2.24, 2.45) is 0 Å². The molecule has 0 aromatic heterocycles. The molecule has 3 aromatic carbocycles. The number of rotatable bonds is 7. The Bertz CT molecular complexity index is 828. The van der Waals surface area contributed by atoms with Crippen LogP contribution in [-0.4, -0.2) is 16.4 Å². The van der Waals surface area contributed by atoms with Crippen molar-refractivity contribution in [2.75, 3.05) is 0 Å². The fourth-order valence-electron chi connectivity index (χ4n) is 3.63. The molecule has 1 N–H and O–H groups in total. The zero-order valence-corrected chi connectivity index (χ0v) is 16.5. The summed E-state index contributed by atoms with van der Waals surface area (Å²) in [5, 5.41) is 14.2. The van der Waals surface area contributed by atoms with E-state index in [1.807, 2.05) is 54.6 Å². The summed E-state index contributed by atoms with van der Waals surface area (Å²) in [6.45, 7) is -0.328. The first-order valence-electron chi connectivity index (χ1n) is 9.36. The van der Waals surface area contributed by atoms with Crippen molar-refractivity contribution >= 4 is 34.1 Å². The molecule has 0 aliphatic rings. The lowest BCUT2D eigenvalue weighted by atomic mass is 10.2. The lowest BCUT2D eigenvalue weighted by Gasteiger charge is -2.31. The van der Waals surface area contributed by atoms with E-state index in [9.17, 15) is 9.90 Å². The van der Waals surface area contributed by atoms with Gasteiger partial charge in [0.2, 0.25) is 0 Å². The number of carboxylic acid groups (broad SMARTS) is 1. The van der Waals surface area contributed by atoms with E-state index >= 15 is 0 Å². The Morgan fingerprint density at radius 1 is 0.741 bits per heavy atom. The van der Waals surface area contributed by atoms with Crippen LogP contribution in [0.1, 0.15) is 26.2 Å². The molecule has 0 aliphatic heterocycles. The van der Waals surface area contributed by atoms with Crippen LogP contribution in [-0.2, 0) is 4.79 Å². The van der Waals surface area contributed by atoms with Crippen LogP contribution in [0.25, 0.3) is 0 Å². The van der Waals surface area contributed by atoms with Crippen LogP contribution >= 0.6 is 6.89 Å². The highest BCUT2D eigenvalue weighted by Crippen LogP contribution is 2.47. The molecular formula is C24H25O2P. The van der Waals surface area contributed by atoms with E-state index in [0.717, 1.165) is 28.8 Å². The fraction of sp³-hybridized carbons (Fsp3) is 0.167. The Morgan fingerprint density at radius 2 is 1.11 bits per heavy atom. The van der Waals surface area contributed by atoms with Crippen molar-refractivity contribution in [1.29, 1.82) is 0 Å². The summed E-state index contributed by atoms with van der Waals surface area (Å²) < 4.78 is 0. The maximum atomic E-state index is 12.6. The van der Waals surface area contributed by atoms with Gasteiger partial charge in [-0.05, 0) is 35.6 Å². The summed E-state index contributed by atoms with van der Waals surface area (Å²) >= 11 is 0. The normalized spacial score (nSPS) is 11.1. The molecule has 0 unspecified atom stereocenters. The van der Waals surface area contributed by atoms with Gasteiger partial charge >= 0.3 is 5.97 Å². The first-order valence-corrected chi connectivity index (χ1v) is 11.2. The molecule has 0 heterocycles. The van der Waals surface area contributed by atoms with Gasteiger partial charge in [0.15, 0.2) is 0 Å². The quantitative estimate of drug-likeness (QED) is 0.620. The van der Waals surface area contributed by atoms with Gasteiger partial charge in [0.25, 0.3) is 0 Å². The van der Waals surface area contributed by atoms with E-state index in [1.54, 1.807) is 0 Å². The minimum Gasteiger partial charge on any atom is -0.478 e. The largest absolute Gasteiger partial charge is 0.478 e. The van der Waals surface area contributed by atoms with E-state index in [1.165, 1.54) is 0 Å². The number of unbranched alkanes of at least 4 members (excludes halogenated alkanes) is 1. The zero-order chi connectivity index (χ0) is 19.1. The monoisotopic (exact) mass is 376 g/mol. The molecule has 3 heteroatoms. The number of hydrogen-bond acceptors (Lipinski definition) is 1. The summed E-state index contributed by atoms with van der Waals surface area (Å²) in [6.07, 6.45) is 2.43. The molecule has 0 saturated heterocycles. The number of aliphatic carboxylic acids is 1. The van der Waals surface area contributed by atoms with Crippen molar-refractivity contribution in [2.45, 2.75) is 26.2 Å². The van der Waals surface area contributed by atoms with E-state index in [2.05, 4.69) is 43.3 Å². The third kappa shape index (κ3) is 3.77. The second kappa shape index (κ2) is 8.88. The number of carbonyl (C=O) groups is 1. The van der Waals surface area contributed by atoms with Crippen molar-refractivity contribution < 1.29 is 9.90 Å². The molecule has 3 aromatic rings. The molecule has 0 saturated carbocycles. The molecule has 0 radical (unpaired) electrons. The lowest BCUT2D eigenvalue weighted by molar-refractivity contribution is -0.129. The number of benzene rings is 3. The highest BCUT2D eigenvalue weighted by Gasteiger charge is 2.32. The minimum atomic E-state index is -2.43. The highest BCUT2D eigenvalue weighted by atomic mass is 31.2. The number of carboxylic acids is 1. The van der Waals surface area contributed by atoms with Crippen LogP contribution in [0.5, 0.6) is 0 Å². The Labute approximate surface area is 161 Å². The third-order valence-corrected chi connectivity index (χ3v) is 9.29. The van der Waals surface area contributed by atoms with E-state index in [-0.39, 0.29) is 0 Å². The molecule has 0 spiro atoms. The molecule has 2 nitrogen and oxygen atoms in total. The maximum absolute atomic E-state index is 12.6. The molecule has 0 amide bonds. The van der Waals surface area contributed by atoms with Gasteiger partial charge in [-0.3, -0.25) is 0 Å². The fourth-order valence-corrected chi connectivity index (χ4v) is 8.10. The van der Waals surface area contributed by atoms with E-state index in [0.29, 0.717) is 11.7 Å². The molecule has 27 heavy (non-hydrogen) atoms. The second-order valence-corrected chi connectivity index (χ2v) is 9.96. The predicted octanol–water partition coefficient (Wildman–Crippen LogP) is 4.43. The van der Waals surface area contributed by atoms with Crippen molar-refractivity contribution in [3.8, 4) is 0 Å². The zero-order valence-electron chi connectivity index (χ0n) is 15.6. The lowest BCUT2D eigenvalue weighted by Crippen LogP contribution is -2.33. The van der Waals surface area contributed by atoms with Gasteiger partial charge in [-0.2, -0.15) is 0 Å². The van der Waals surface area contributed by atoms with Gasteiger partial charge in [-0.1, -0.05) is 104 Å². The summed E-state index contributed by atoms with van der Waals surface area (Å²) in [5.41, 5.74) is 0. The molecule has 0 bridgehead atoms. The summed E-state index contributed by atoms with van der Waals surface area (Å²) in [6, 6.07) is 30.5. The highest BCUT2D eigenvalue weighted by molar-refractivity contribution is 7.96. The molecule has 3 rings (SSSR count). The van der Waals surface area contributed by atoms with Crippen LogP contribution in [0.2, 0.25) is 0 Å². The van der Waals surface area contributed by atoms with Gasteiger partial charge in [0.1, 0.15) is 0 Å². The summed E-state index contributed by atoms with van der Waals surface area (Å²) in [7, 11) is 0. The van der Waals surface area contributed by atoms with Crippen molar-refractivity contribution in [3.63, 3.8) is 0 Å². The van der Waals surface area contributed by atoms with Gasteiger partial charge in [-0.25, -0.2) is 4.79 Å². The van der Waals surface area contributed by atoms with Crippen LogP contribution in [0.4, 0.5) is 0 Å². The average molecular weight is 376 g/mol. The smallest absolute Gasteiger partial charge is 0.332 e. The Morgan fingerprint density at radius 3 is 1.41 bits per heavy atom. The van der Waals surface area contributed by atoms with Crippen LogP contribution < -0.4 is 15.9 Å². The minimum absolute atomic E-state index is 0.596. The van der Waals surface area contributed by atoms with Gasteiger partial charge < -0.3 is 5.11 Å². The Hall–Kier alpha value is -2.57. The molecule has 0 aliphatic carbocycles. The topological polar surface area (TPSA) is 37.3 Å². The van der Waals surface area contributed by atoms with Crippen molar-refractivity contribution in [1.82, 2.24) is 0 Å². The van der Waals surface area contributed by atoms with Gasteiger partial charge in [0.05, 0.1) is 0 Å². The summed E-state index contributed by atoms with van der Waals surface area (Å²) in [5.74, 6) is -0.784. The first kappa shape index (κ1) is 19.2. The van der Waals surface area contributed by atoms with E-state index in [4.69, 9.17) is 0 Å². The summed E-state index contributed by atoms with van der Waals surface area (Å²) in [4.78, 5) is 12.6. The standard InChI is InChI=1S/C24H25O2P/c1-2-3-19-23(24(25)26)27(20-13-7-4-8-14-20,21-15-9-5-10-16-21)22-17-11-6-12-18-22/h4-18H,2-3,19H2,1H3,(H,25,26). The first-order chi connectivity index (χ1) is 13.2. The molecule has 0 fully saturated rings. The molecular weight excluding hydrogens is 351 g/mol. The Balaban J connectivity index is 2.52. The molecule has 0 atom stereocenters. The van der Waals surface area contributed by atoms with Crippen molar-refractivity contribution in [3.05, 3.63) is 91.0 Å². The van der Waals surface area contributed by atoms with Crippen LogP contribution in [0.3, 0.4) is 0 Å². The molecule has 138 valence electrons. The third-order valence-electron chi connectivity index (χ3n) is 4.85. The SMILES string of the molecule is CCCCC(C(=O)O)=P(c1ccccc1)(c1ccccc1)c1ccccc1. The number of hydrogen-bond donors (Lipinski definition) is 1.